The van der Waals surface area contributed by atoms with Crippen molar-refractivity contribution in [2.45, 2.75) is 0 Å². The van der Waals surface area contributed by atoms with E-state index >= 15 is 0 Å². The summed E-state index contributed by atoms with van der Waals surface area (Å²) < 4.78 is 15.8. The first kappa shape index (κ1) is 14.9. The predicted molar refractivity (Wildman–Crippen MR) is 90.3 cm³/mol. The molecule has 0 N–H and O–H groups in total. The lowest BCUT2D eigenvalue weighted by Gasteiger charge is -2.43. The zero-order valence-electron chi connectivity index (χ0n) is 13.8. The van der Waals surface area contributed by atoms with Crippen molar-refractivity contribution < 1.29 is 13.8 Å². The van der Waals surface area contributed by atoms with Gasteiger partial charge in [-0.05, 0) is 22.4 Å². The Bertz CT molecular complexity index is 850. The van der Waals surface area contributed by atoms with E-state index in [2.05, 4.69) is 31.2 Å². The van der Waals surface area contributed by atoms with E-state index in [1.54, 1.807) is 6.20 Å². The number of ether oxygens (including phenoxy) is 1. The van der Waals surface area contributed by atoms with E-state index in [4.69, 9.17) is 13.8 Å². The molecule has 2 fully saturated rings. The number of anilines is 1. The molecule has 2 saturated heterocycles. The molecule has 0 radical (unpaired) electrons. The summed E-state index contributed by atoms with van der Waals surface area (Å²) in [6.07, 6.45) is 3.14. The van der Waals surface area contributed by atoms with Crippen LogP contribution in [0.4, 0.5) is 5.69 Å². The molecule has 4 heterocycles. The van der Waals surface area contributed by atoms with E-state index in [9.17, 15) is 0 Å². The van der Waals surface area contributed by atoms with Gasteiger partial charge in [-0.1, -0.05) is 0 Å². The zero-order valence-corrected chi connectivity index (χ0v) is 13.8. The Morgan fingerprint density at radius 3 is 2.80 bits per heavy atom. The second-order valence-corrected chi connectivity index (χ2v) is 6.68. The SMILES string of the molecule is c1ncc(-c2cc(N3CC(CN4CCOCC4)C3)c3nonc3c2)o1. The molecule has 0 aliphatic carbocycles. The molecule has 0 amide bonds. The molecule has 2 aromatic heterocycles. The van der Waals surface area contributed by atoms with E-state index in [1.165, 1.54) is 6.39 Å². The summed E-state index contributed by atoms with van der Waals surface area (Å²) in [7, 11) is 0. The minimum Gasteiger partial charge on any atom is -0.444 e. The predicted octanol–water partition coefficient (Wildman–Crippen LogP) is 1.65. The summed E-state index contributed by atoms with van der Waals surface area (Å²) in [5.74, 6) is 1.39. The number of benzene rings is 1. The molecule has 5 rings (SSSR count). The quantitative estimate of drug-likeness (QED) is 0.708. The number of oxazole rings is 1. The molecule has 8 heteroatoms. The molecule has 0 spiro atoms. The second kappa shape index (κ2) is 6.12. The molecule has 8 nitrogen and oxygen atoms in total. The molecule has 1 aromatic carbocycles. The number of hydrogen-bond donors (Lipinski definition) is 0. The van der Waals surface area contributed by atoms with Gasteiger partial charge < -0.3 is 14.1 Å². The van der Waals surface area contributed by atoms with Crippen molar-refractivity contribution in [2.24, 2.45) is 5.92 Å². The molecule has 0 saturated carbocycles. The zero-order chi connectivity index (χ0) is 16.6. The van der Waals surface area contributed by atoms with Gasteiger partial charge in [-0.2, -0.15) is 0 Å². The summed E-state index contributed by atoms with van der Waals surface area (Å²) in [4.78, 5) is 8.82. The third-order valence-corrected chi connectivity index (χ3v) is 4.98. The molecule has 3 aromatic rings. The average molecular weight is 341 g/mol. The van der Waals surface area contributed by atoms with Gasteiger partial charge in [-0.15, -0.1) is 0 Å². The van der Waals surface area contributed by atoms with Crippen LogP contribution < -0.4 is 4.90 Å². The fourth-order valence-corrected chi connectivity index (χ4v) is 3.65. The van der Waals surface area contributed by atoms with Crippen molar-refractivity contribution in [3.8, 4) is 11.3 Å². The molecule has 0 atom stereocenters. The minimum absolute atomic E-state index is 0.668. The lowest BCUT2D eigenvalue weighted by Crippen LogP contribution is -2.53. The number of nitrogens with zero attached hydrogens (tertiary/aromatic N) is 5. The topological polar surface area (TPSA) is 80.7 Å². The Kier molecular flexibility index (Phi) is 3.64. The van der Waals surface area contributed by atoms with Crippen LogP contribution in [-0.4, -0.2) is 66.1 Å². The molecule has 25 heavy (non-hydrogen) atoms. The lowest BCUT2D eigenvalue weighted by atomic mass is 9.97. The van der Waals surface area contributed by atoms with Gasteiger partial charge in [0.25, 0.3) is 0 Å². The molecule has 130 valence electrons. The van der Waals surface area contributed by atoms with E-state index < -0.39 is 0 Å². The Balaban J connectivity index is 1.35. The highest BCUT2D eigenvalue weighted by Crippen LogP contribution is 2.35. The van der Waals surface area contributed by atoms with Crippen LogP contribution in [0.3, 0.4) is 0 Å². The smallest absolute Gasteiger partial charge is 0.181 e. The molecular weight excluding hydrogens is 322 g/mol. The minimum atomic E-state index is 0.668. The summed E-state index contributed by atoms with van der Waals surface area (Å²) in [6, 6.07) is 4.00. The Morgan fingerprint density at radius 2 is 2.00 bits per heavy atom. The first-order valence-corrected chi connectivity index (χ1v) is 8.57. The average Bonchev–Trinajstić information content (AvgIpc) is 3.29. The van der Waals surface area contributed by atoms with Crippen LogP contribution in [0.5, 0.6) is 0 Å². The Labute approximate surface area is 144 Å². The third kappa shape index (κ3) is 2.77. The summed E-state index contributed by atoms with van der Waals surface area (Å²) in [5.41, 5.74) is 3.52. The van der Waals surface area contributed by atoms with Crippen LogP contribution in [0, 0.1) is 5.92 Å². The van der Waals surface area contributed by atoms with Gasteiger partial charge in [0.05, 0.1) is 25.1 Å². The monoisotopic (exact) mass is 341 g/mol. The largest absolute Gasteiger partial charge is 0.444 e. The van der Waals surface area contributed by atoms with E-state index in [0.717, 1.165) is 74.0 Å². The Morgan fingerprint density at radius 1 is 1.12 bits per heavy atom. The van der Waals surface area contributed by atoms with E-state index in [1.807, 2.05) is 6.07 Å². The number of rotatable bonds is 4. The van der Waals surface area contributed by atoms with E-state index in [0.29, 0.717) is 5.92 Å². The van der Waals surface area contributed by atoms with Gasteiger partial charge in [-0.3, -0.25) is 4.90 Å². The number of aromatic nitrogens is 3. The van der Waals surface area contributed by atoms with Crippen molar-refractivity contribution >= 4 is 16.7 Å². The molecule has 0 unspecified atom stereocenters. The maximum absolute atomic E-state index is 5.43. The van der Waals surface area contributed by atoms with Gasteiger partial charge in [0.15, 0.2) is 17.7 Å². The first-order valence-electron chi connectivity index (χ1n) is 8.57. The van der Waals surface area contributed by atoms with Gasteiger partial charge in [0.2, 0.25) is 0 Å². The standard InChI is InChI=1S/C17H19N5O3/c1-3-23-4-2-21(1)8-12-9-22(10-12)15-6-13(16-7-18-11-24-16)5-14-17(15)20-25-19-14/h5-7,11-12H,1-4,8-10H2. The molecule has 2 aliphatic heterocycles. The Hall–Kier alpha value is -2.45. The molecule has 0 bridgehead atoms. The molecule has 2 aliphatic rings. The van der Waals surface area contributed by atoms with Crippen molar-refractivity contribution in [3.63, 3.8) is 0 Å². The highest BCUT2D eigenvalue weighted by Gasteiger charge is 2.31. The van der Waals surface area contributed by atoms with Crippen molar-refractivity contribution in [1.82, 2.24) is 20.2 Å². The van der Waals surface area contributed by atoms with Gasteiger partial charge >= 0.3 is 0 Å². The van der Waals surface area contributed by atoms with E-state index in [-0.39, 0.29) is 0 Å². The highest BCUT2D eigenvalue weighted by atomic mass is 16.6. The van der Waals surface area contributed by atoms with Crippen molar-refractivity contribution in [3.05, 3.63) is 24.7 Å². The van der Waals surface area contributed by atoms with Crippen LogP contribution in [0.2, 0.25) is 0 Å². The van der Waals surface area contributed by atoms with Gasteiger partial charge in [-0.25, -0.2) is 9.61 Å². The maximum Gasteiger partial charge on any atom is 0.181 e. The molecular formula is C17H19N5O3. The number of morpholine rings is 1. The third-order valence-electron chi connectivity index (χ3n) is 4.98. The van der Waals surface area contributed by atoms with Crippen LogP contribution in [0.15, 0.2) is 33.8 Å². The number of hydrogen-bond acceptors (Lipinski definition) is 8. The van der Waals surface area contributed by atoms with Crippen LogP contribution in [-0.2, 0) is 4.74 Å². The first-order chi connectivity index (χ1) is 12.4. The maximum atomic E-state index is 5.43. The van der Waals surface area contributed by atoms with Crippen LogP contribution >= 0.6 is 0 Å². The highest BCUT2D eigenvalue weighted by molar-refractivity contribution is 5.92. The van der Waals surface area contributed by atoms with Crippen LogP contribution in [0.25, 0.3) is 22.4 Å². The lowest BCUT2D eigenvalue weighted by molar-refractivity contribution is 0.0286. The van der Waals surface area contributed by atoms with Crippen molar-refractivity contribution in [1.29, 1.82) is 0 Å². The fourth-order valence-electron chi connectivity index (χ4n) is 3.65. The van der Waals surface area contributed by atoms with Crippen molar-refractivity contribution in [2.75, 3.05) is 50.8 Å². The fraction of sp³-hybridized carbons (Fsp3) is 0.471. The normalized spacial score (nSPS) is 19.4. The summed E-state index contributed by atoms with van der Waals surface area (Å²) in [6.45, 7) is 6.92. The summed E-state index contributed by atoms with van der Waals surface area (Å²) >= 11 is 0. The van der Waals surface area contributed by atoms with Crippen LogP contribution in [0.1, 0.15) is 0 Å². The second-order valence-electron chi connectivity index (χ2n) is 6.68. The summed E-state index contributed by atoms with van der Waals surface area (Å²) in [5, 5.41) is 8.09. The number of fused-ring (bicyclic) bond motifs is 1. The van der Waals surface area contributed by atoms with Gasteiger partial charge in [0.1, 0.15) is 5.52 Å². The van der Waals surface area contributed by atoms with Gasteiger partial charge in [0, 0.05) is 44.2 Å².